The van der Waals surface area contributed by atoms with Crippen LogP contribution in [-0.4, -0.2) is 21.5 Å². The second-order valence-electron chi connectivity index (χ2n) is 3.67. The van der Waals surface area contributed by atoms with Gasteiger partial charge in [0.1, 0.15) is 11.4 Å². The third-order valence-corrected chi connectivity index (χ3v) is 2.48. The minimum absolute atomic E-state index is 0.143. The van der Waals surface area contributed by atoms with E-state index in [9.17, 15) is 9.90 Å². The number of phenols is 1. The van der Waals surface area contributed by atoms with E-state index in [1.54, 1.807) is 35.9 Å². The summed E-state index contributed by atoms with van der Waals surface area (Å²) in [5.41, 5.74) is 11.5. The van der Waals surface area contributed by atoms with Crippen LogP contribution >= 0.6 is 0 Å². The molecule has 0 atom stereocenters. The lowest BCUT2D eigenvalue weighted by atomic mass is 10.2. The van der Waals surface area contributed by atoms with Gasteiger partial charge in [-0.25, -0.2) is 0 Å². The van der Waals surface area contributed by atoms with Crippen molar-refractivity contribution in [3.05, 3.63) is 30.0 Å². The molecule has 1 aromatic heterocycles. The van der Waals surface area contributed by atoms with Gasteiger partial charge in [-0.1, -0.05) is 0 Å². The van der Waals surface area contributed by atoms with Crippen LogP contribution in [0, 0.1) is 0 Å². The van der Waals surface area contributed by atoms with Crippen molar-refractivity contribution in [3.63, 3.8) is 0 Å². The highest BCUT2D eigenvalue weighted by molar-refractivity contribution is 6.04. The first-order valence-corrected chi connectivity index (χ1v) is 4.91. The second kappa shape index (κ2) is 3.82. The fourth-order valence-corrected chi connectivity index (χ4v) is 1.72. The van der Waals surface area contributed by atoms with E-state index in [0.717, 1.165) is 10.9 Å². The monoisotopic (exact) mass is 232 g/mol. The van der Waals surface area contributed by atoms with Gasteiger partial charge in [0, 0.05) is 18.0 Å². The van der Waals surface area contributed by atoms with Crippen molar-refractivity contribution in [3.8, 4) is 5.75 Å². The molecule has 0 saturated heterocycles. The lowest BCUT2D eigenvalue weighted by Crippen LogP contribution is -2.24. The number of aliphatic imine (C=N–C) groups is 1. The number of nitrogens with two attached hydrogens (primary N) is 2. The van der Waals surface area contributed by atoms with Crippen LogP contribution in [0.3, 0.4) is 0 Å². The fourth-order valence-electron chi connectivity index (χ4n) is 1.72. The molecule has 0 radical (unpaired) electrons. The number of guanidine groups is 1. The lowest BCUT2D eigenvalue weighted by Gasteiger charge is -2.00. The molecule has 1 heterocycles. The average molecular weight is 232 g/mol. The number of nitrogens with zero attached hydrogens (tertiary/aromatic N) is 2. The van der Waals surface area contributed by atoms with Crippen molar-refractivity contribution in [1.29, 1.82) is 0 Å². The summed E-state index contributed by atoms with van der Waals surface area (Å²) >= 11 is 0. The molecular weight excluding hydrogens is 220 g/mol. The van der Waals surface area contributed by atoms with Gasteiger partial charge in [0.05, 0.1) is 0 Å². The summed E-state index contributed by atoms with van der Waals surface area (Å²) in [6, 6.07) is 6.47. The maximum atomic E-state index is 11.7. The zero-order valence-electron chi connectivity index (χ0n) is 9.21. The SMILES string of the molecule is Cn1c(C(=O)N=C(N)N)cc2cc(O)ccc21. The quantitative estimate of drug-likeness (QED) is 0.485. The van der Waals surface area contributed by atoms with Gasteiger partial charge in [-0.2, -0.15) is 4.99 Å². The number of amides is 1. The maximum absolute atomic E-state index is 11.7. The number of aryl methyl sites for hydroxylation is 1. The van der Waals surface area contributed by atoms with Crippen LogP contribution in [0.5, 0.6) is 5.75 Å². The maximum Gasteiger partial charge on any atom is 0.296 e. The summed E-state index contributed by atoms with van der Waals surface area (Å²) in [4.78, 5) is 15.2. The number of aromatic nitrogens is 1. The number of hydrogen-bond donors (Lipinski definition) is 3. The summed E-state index contributed by atoms with van der Waals surface area (Å²) in [5, 5.41) is 10.1. The summed E-state index contributed by atoms with van der Waals surface area (Å²) in [5.74, 6) is -0.643. The molecule has 1 amide bonds. The number of aromatic hydroxyl groups is 1. The van der Waals surface area contributed by atoms with E-state index in [0.29, 0.717) is 5.69 Å². The van der Waals surface area contributed by atoms with E-state index in [2.05, 4.69) is 4.99 Å². The molecule has 0 aliphatic carbocycles. The van der Waals surface area contributed by atoms with Crippen LogP contribution < -0.4 is 11.5 Å². The van der Waals surface area contributed by atoms with Crippen LogP contribution in [0.2, 0.25) is 0 Å². The Labute approximate surface area is 97.2 Å². The Morgan fingerprint density at radius 1 is 1.35 bits per heavy atom. The first-order chi connectivity index (χ1) is 7.99. The van der Waals surface area contributed by atoms with E-state index < -0.39 is 5.91 Å². The minimum Gasteiger partial charge on any atom is -0.508 e. The molecule has 5 N–H and O–H groups in total. The number of hydrogen-bond acceptors (Lipinski definition) is 2. The summed E-state index contributed by atoms with van der Waals surface area (Å²) in [6.45, 7) is 0. The molecule has 0 bridgehead atoms. The number of rotatable bonds is 1. The zero-order chi connectivity index (χ0) is 12.6. The van der Waals surface area contributed by atoms with E-state index >= 15 is 0 Å². The second-order valence-corrected chi connectivity index (χ2v) is 3.67. The number of carbonyl (C=O) groups is 1. The van der Waals surface area contributed by atoms with E-state index in [1.807, 2.05) is 0 Å². The topological polar surface area (TPSA) is 107 Å². The molecule has 0 unspecified atom stereocenters. The number of carbonyl (C=O) groups excluding carboxylic acids is 1. The highest BCUT2D eigenvalue weighted by atomic mass is 16.3. The lowest BCUT2D eigenvalue weighted by molar-refractivity contribution is 0.0995. The molecule has 6 nitrogen and oxygen atoms in total. The summed E-state index contributed by atoms with van der Waals surface area (Å²) in [6.07, 6.45) is 0. The van der Waals surface area contributed by atoms with Crippen molar-refractivity contribution in [2.45, 2.75) is 0 Å². The first kappa shape index (κ1) is 11.0. The Bertz CT molecular complexity index is 624. The predicted octanol–water partition coefficient (Wildman–Crippen LogP) is 0.298. The van der Waals surface area contributed by atoms with Crippen LogP contribution in [-0.2, 0) is 7.05 Å². The van der Waals surface area contributed by atoms with Crippen molar-refractivity contribution in [2.24, 2.45) is 23.5 Å². The highest BCUT2D eigenvalue weighted by Gasteiger charge is 2.13. The van der Waals surface area contributed by atoms with Crippen molar-refractivity contribution in [2.75, 3.05) is 0 Å². The molecule has 6 heteroatoms. The van der Waals surface area contributed by atoms with Gasteiger partial charge in [-0.05, 0) is 24.3 Å². The predicted molar refractivity (Wildman–Crippen MR) is 64.7 cm³/mol. The third kappa shape index (κ3) is 1.92. The van der Waals surface area contributed by atoms with Gasteiger partial charge in [0.25, 0.3) is 5.91 Å². The summed E-state index contributed by atoms with van der Waals surface area (Å²) < 4.78 is 1.67. The minimum atomic E-state index is -0.511. The van der Waals surface area contributed by atoms with Gasteiger partial charge >= 0.3 is 0 Å². The Morgan fingerprint density at radius 3 is 2.71 bits per heavy atom. The molecule has 0 aliphatic heterocycles. The Hall–Kier alpha value is -2.50. The van der Waals surface area contributed by atoms with Crippen LogP contribution in [0.1, 0.15) is 10.5 Å². The van der Waals surface area contributed by atoms with Gasteiger partial charge in [-0.3, -0.25) is 4.79 Å². The average Bonchev–Trinajstić information content (AvgIpc) is 2.54. The molecule has 1 aromatic carbocycles. The van der Waals surface area contributed by atoms with E-state index in [-0.39, 0.29) is 11.7 Å². The van der Waals surface area contributed by atoms with Gasteiger partial charge in [0.15, 0.2) is 5.96 Å². The normalized spacial score (nSPS) is 10.4. The Kier molecular flexibility index (Phi) is 2.47. The van der Waals surface area contributed by atoms with Gasteiger partial charge in [-0.15, -0.1) is 0 Å². The molecule has 17 heavy (non-hydrogen) atoms. The summed E-state index contributed by atoms with van der Waals surface area (Å²) in [7, 11) is 1.73. The smallest absolute Gasteiger partial charge is 0.296 e. The van der Waals surface area contributed by atoms with E-state index in [1.165, 1.54) is 0 Å². The molecule has 2 rings (SSSR count). The number of fused-ring (bicyclic) bond motifs is 1. The largest absolute Gasteiger partial charge is 0.508 e. The van der Waals surface area contributed by atoms with Crippen molar-refractivity contribution >= 4 is 22.8 Å². The zero-order valence-corrected chi connectivity index (χ0v) is 9.21. The van der Waals surface area contributed by atoms with Gasteiger partial charge in [0.2, 0.25) is 0 Å². The Balaban J connectivity index is 2.60. The molecule has 88 valence electrons. The third-order valence-electron chi connectivity index (χ3n) is 2.48. The van der Waals surface area contributed by atoms with E-state index in [4.69, 9.17) is 11.5 Å². The molecule has 0 saturated carbocycles. The molecular formula is C11H12N4O2. The first-order valence-electron chi connectivity index (χ1n) is 4.91. The number of benzene rings is 1. The van der Waals surface area contributed by atoms with Crippen molar-refractivity contribution < 1.29 is 9.90 Å². The number of phenolic OH excluding ortho intramolecular Hbond substituents is 1. The molecule has 0 spiro atoms. The van der Waals surface area contributed by atoms with Crippen LogP contribution in [0.4, 0.5) is 0 Å². The van der Waals surface area contributed by atoms with Crippen LogP contribution in [0.25, 0.3) is 10.9 Å². The highest BCUT2D eigenvalue weighted by Crippen LogP contribution is 2.23. The standard InChI is InChI=1S/C11H12N4O2/c1-15-8-3-2-7(16)4-6(8)5-9(15)10(17)14-11(12)13/h2-5,16H,1H3,(H4,12,13,14,17). The molecule has 0 aliphatic rings. The molecule has 0 fully saturated rings. The van der Waals surface area contributed by atoms with Gasteiger partial charge < -0.3 is 21.1 Å². The molecule has 2 aromatic rings. The fraction of sp³-hybridized carbons (Fsp3) is 0.0909. The van der Waals surface area contributed by atoms with Crippen molar-refractivity contribution in [1.82, 2.24) is 4.57 Å². The Morgan fingerprint density at radius 2 is 2.06 bits per heavy atom. The van der Waals surface area contributed by atoms with Crippen LogP contribution in [0.15, 0.2) is 29.3 Å².